The van der Waals surface area contributed by atoms with Crippen LogP contribution in [0.5, 0.6) is 5.75 Å². The summed E-state index contributed by atoms with van der Waals surface area (Å²) in [7, 11) is 0. The number of ether oxygens (including phenoxy) is 1. The van der Waals surface area contributed by atoms with Gasteiger partial charge >= 0.3 is 0 Å². The molecule has 0 spiro atoms. The Bertz CT molecular complexity index is 407. The Kier molecular flexibility index (Phi) is 5.10. The first-order valence-electron chi connectivity index (χ1n) is 5.48. The summed E-state index contributed by atoms with van der Waals surface area (Å²) in [5.41, 5.74) is 6.10. The van der Waals surface area contributed by atoms with Gasteiger partial charge < -0.3 is 15.7 Å². The van der Waals surface area contributed by atoms with E-state index in [4.69, 9.17) is 27.3 Å². The zero-order valence-electron chi connectivity index (χ0n) is 9.98. The van der Waals surface area contributed by atoms with Gasteiger partial charge in [-0.15, -0.1) is 0 Å². The monoisotopic (exact) mass is 256 g/mol. The number of benzene rings is 1. The van der Waals surface area contributed by atoms with Crippen LogP contribution in [0.1, 0.15) is 25.8 Å². The largest absolute Gasteiger partial charge is 0.492 e. The van der Waals surface area contributed by atoms with Crippen molar-refractivity contribution < 1.29 is 9.94 Å². The molecule has 0 radical (unpaired) electrons. The number of nitrogens with two attached hydrogens (primary N) is 1. The van der Waals surface area contributed by atoms with Crippen LogP contribution in [0.15, 0.2) is 23.4 Å². The van der Waals surface area contributed by atoms with E-state index in [1.807, 2.05) is 0 Å². The maximum Gasteiger partial charge on any atom is 0.173 e. The summed E-state index contributed by atoms with van der Waals surface area (Å²) in [4.78, 5) is 0. The normalized spacial score (nSPS) is 13.5. The SMILES string of the molecule is CCC(C)COc1cc(Cl)ccc1/C(N)=N/O. The number of rotatable bonds is 5. The van der Waals surface area contributed by atoms with Crippen LogP contribution in [0.3, 0.4) is 0 Å². The Balaban J connectivity index is 2.91. The fourth-order valence-corrected chi connectivity index (χ4v) is 1.39. The van der Waals surface area contributed by atoms with Gasteiger partial charge in [0.1, 0.15) is 5.75 Å². The van der Waals surface area contributed by atoms with Gasteiger partial charge in [-0.25, -0.2) is 0 Å². The molecule has 4 nitrogen and oxygen atoms in total. The summed E-state index contributed by atoms with van der Waals surface area (Å²) < 4.78 is 5.64. The molecule has 0 aliphatic carbocycles. The molecule has 1 aromatic rings. The van der Waals surface area contributed by atoms with Gasteiger partial charge in [-0.1, -0.05) is 37.0 Å². The highest BCUT2D eigenvalue weighted by Crippen LogP contribution is 2.24. The first-order chi connectivity index (χ1) is 8.08. The van der Waals surface area contributed by atoms with Crippen LogP contribution in [0.2, 0.25) is 5.02 Å². The van der Waals surface area contributed by atoms with Crippen molar-refractivity contribution in [3.05, 3.63) is 28.8 Å². The standard InChI is InChI=1S/C12H17ClN2O2/c1-3-8(2)7-17-11-6-9(13)4-5-10(11)12(14)15-16/h4-6,8,16H,3,7H2,1-2H3,(H2,14,15). The van der Waals surface area contributed by atoms with Crippen LogP contribution < -0.4 is 10.5 Å². The molecule has 94 valence electrons. The average molecular weight is 257 g/mol. The molecule has 3 N–H and O–H groups in total. The van der Waals surface area contributed by atoms with Crippen molar-refractivity contribution in [3.8, 4) is 5.75 Å². The Morgan fingerprint density at radius 1 is 1.59 bits per heavy atom. The van der Waals surface area contributed by atoms with E-state index < -0.39 is 0 Å². The summed E-state index contributed by atoms with van der Waals surface area (Å²) >= 11 is 5.89. The van der Waals surface area contributed by atoms with Crippen molar-refractivity contribution in [2.24, 2.45) is 16.8 Å². The van der Waals surface area contributed by atoms with Gasteiger partial charge in [0.05, 0.1) is 12.2 Å². The molecule has 0 heterocycles. The van der Waals surface area contributed by atoms with Crippen LogP contribution in [-0.2, 0) is 0 Å². The molecular formula is C12H17ClN2O2. The molecule has 1 unspecified atom stereocenters. The molecule has 0 aromatic heterocycles. The van der Waals surface area contributed by atoms with Gasteiger partial charge in [-0.05, 0) is 24.1 Å². The third kappa shape index (κ3) is 3.82. The minimum absolute atomic E-state index is 0.0146. The maximum atomic E-state index is 8.68. The highest BCUT2D eigenvalue weighted by atomic mass is 35.5. The van der Waals surface area contributed by atoms with Gasteiger partial charge in [0.15, 0.2) is 5.84 Å². The third-order valence-electron chi connectivity index (χ3n) is 2.55. The predicted octanol–water partition coefficient (Wildman–Crippen LogP) is 2.86. The van der Waals surface area contributed by atoms with E-state index in [1.165, 1.54) is 0 Å². The van der Waals surface area contributed by atoms with Crippen molar-refractivity contribution in [2.45, 2.75) is 20.3 Å². The highest BCUT2D eigenvalue weighted by Gasteiger charge is 2.10. The molecule has 0 amide bonds. The second-order valence-electron chi connectivity index (χ2n) is 3.95. The number of amidine groups is 1. The van der Waals surface area contributed by atoms with Crippen LogP contribution in [0.4, 0.5) is 0 Å². The molecule has 5 heteroatoms. The van der Waals surface area contributed by atoms with E-state index in [-0.39, 0.29) is 5.84 Å². The Morgan fingerprint density at radius 2 is 2.29 bits per heavy atom. The van der Waals surface area contributed by atoms with Gasteiger partial charge in [-0.3, -0.25) is 0 Å². The molecule has 0 saturated carbocycles. The first-order valence-corrected chi connectivity index (χ1v) is 5.86. The van der Waals surface area contributed by atoms with E-state index in [2.05, 4.69) is 19.0 Å². The zero-order chi connectivity index (χ0) is 12.8. The molecule has 0 bridgehead atoms. The lowest BCUT2D eigenvalue weighted by Gasteiger charge is -2.14. The second-order valence-corrected chi connectivity index (χ2v) is 4.39. The van der Waals surface area contributed by atoms with Gasteiger partial charge in [0.2, 0.25) is 0 Å². The fraction of sp³-hybridized carbons (Fsp3) is 0.417. The van der Waals surface area contributed by atoms with E-state index in [9.17, 15) is 0 Å². The second kappa shape index (κ2) is 6.35. The Morgan fingerprint density at radius 3 is 2.88 bits per heavy atom. The number of hydrogen-bond donors (Lipinski definition) is 2. The van der Waals surface area contributed by atoms with Crippen LogP contribution in [0, 0.1) is 5.92 Å². The fourth-order valence-electron chi connectivity index (χ4n) is 1.23. The lowest BCUT2D eigenvalue weighted by atomic mass is 10.1. The molecule has 0 aliphatic heterocycles. The molecule has 1 rings (SSSR count). The van der Waals surface area contributed by atoms with Crippen molar-refractivity contribution in [2.75, 3.05) is 6.61 Å². The molecule has 17 heavy (non-hydrogen) atoms. The minimum atomic E-state index is 0.0146. The number of oxime groups is 1. The van der Waals surface area contributed by atoms with E-state index in [1.54, 1.807) is 18.2 Å². The summed E-state index contributed by atoms with van der Waals surface area (Å²) in [5, 5.41) is 12.2. The summed E-state index contributed by atoms with van der Waals surface area (Å²) in [6.07, 6.45) is 1.03. The van der Waals surface area contributed by atoms with Gasteiger partial charge in [-0.2, -0.15) is 0 Å². The lowest BCUT2D eigenvalue weighted by Crippen LogP contribution is -2.16. The maximum absolute atomic E-state index is 8.68. The zero-order valence-corrected chi connectivity index (χ0v) is 10.7. The quantitative estimate of drug-likeness (QED) is 0.368. The number of hydrogen-bond acceptors (Lipinski definition) is 3. The summed E-state index contributed by atoms with van der Waals surface area (Å²) in [6, 6.07) is 5.01. The van der Waals surface area contributed by atoms with Crippen molar-refractivity contribution in [1.29, 1.82) is 0 Å². The summed E-state index contributed by atoms with van der Waals surface area (Å²) in [6.45, 7) is 4.76. The minimum Gasteiger partial charge on any atom is -0.492 e. The first kappa shape index (κ1) is 13.6. The van der Waals surface area contributed by atoms with Crippen molar-refractivity contribution in [3.63, 3.8) is 0 Å². The topological polar surface area (TPSA) is 67.8 Å². The van der Waals surface area contributed by atoms with Gasteiger partial charge in [0.25, 0.3) is 0 Å². The lowest BCUT2D eigenvalue weighted by molar-refractivity contribution is 0.256. The molecule has 0 fully saturated rings. The molecule has 1 atom stereocenters. The molecule has 1 aromatic carbocycles. The Hall–Kier alpha value is -1.42. The van der Waals surface area contributed by atoms with Crippen molar-refractivity contribution in [1.82, 2.24) is 0 Å². The van der Waals surface area contributed by atoms with Crippen molar-refractivity contribution >= 4 is 17.4 Å². The predicted molar refractivity (Wildman–Crippen MR) is 68.9 cm³/mol. The molecular weight excluding hydrogens is 240 g/mol. The summed E-state index contributed by atoms with van der Waals surface area (Å²) in [5.74, 6) is 0.989. The van der Waals surface area contributed by atoms with Crippen LogP contribution >= 0.6 is 11.6 Å². The Labute approximate surface area is 106 Å². The van der Waals surface area contributed by atoms with E-state index >= 15 is 0 Å². The van der Waals surface area contributed by atoms with Crippen LogP contribution in [0.25, 0.3) is 0 Å². The molecule has 0 aliphatic rings. The average Bonchev–Trinajstić information content (AvgIpc) is 2.35. The number of halogens is 1. The van der Waals surface area contributed by atoms with Gasteiger partial charge in [0, 0.05) is 5.02 Å². The number of nitrogens with zero attached hydrogens (tertiary/aromatic N) is 1. The molecule has 0 saturated heterocycles. The van der Waals surface area contributed by atoms with E-state index in [0.717, 1.165) is 6.42 Å². The highest BCUT2D eigenvalue weighted by molar-refractivity contribution is 6.30. The van der Waals surface area contributed by atoms with Crippen LogP contribution in [-0.4, -0.2) is 17.6 Å². The van der Waals surface area contributed by atoms with E-state index in [0.29, 0.717) is 28.9 Å². The third-order valence-corrected chi connectivity index (χ3v) is 2.78. The smallest absolute Gasteiger partial charge is 0.173 e.